The predicted molar refractivity (Wildman–Crippen MR) is 88.3 cm³/mol. The van der Waals surface area contributed by atoms with Gasteiger partial charge in [0.25, 0.3) is 0 Å². The zero-order chi connectivity index (χ0) is 15.4. The molecular formula is C17H23FN2S. The molecule has 2 atom stereocenters. The summed E-state index contributed by atoms with van der Waals surface area (Å²) in [5.41, 5.74) is 1.68. The number of nitrogens with one attached hydrogen (secondary N) is 1. The lowest BCUT2D eigenvalue weighted by atomic mass is 10.1. The molecule has 4 heteroatoms. The first-order chi connectivity index (χ1) is 9.99. The molecule has 0 amide bonds. The zero-order valence-electron chi connectivity index (χ0n) is 13.1. The second-order valence-corrected chi connectivity index (χ2v) is 6.61. The summed E-state index contributed by atoms with van der Waals surface area (Å²) in [6, 6.07) is 10.2. The van der Waals surface area contributed by atoms with E-state index in [1.165, 1.54) is 4.88 Å². The van der Waals surface area contributed by atoms with Crippen molar-refractivity contribution in [2.45, 2.75) is 25.9 Å². The van der Waals surface area contributed by atoms with Crippen LogP contribution in [0.3, 0.4) is 0 Å². The predicted octanol–water partition coefficient (Wildman–Crippen LogP) is 4.15. The highest BCUT2D eigenvalue weighted by molar-refractivity contribution is 7.10. The first-order valence-corrected chi connectivity index (χ1v) is 8.06. The number of halogens is 1. The highest BCUT2D eigenvalue weighted by Gasteiger charge is 2.16. The molecule has 0 aliphatic heterocycles. The van der Waals surface area contributed by atoms with Gasteiger partial charge in [0.2, 0.25) is 0 Å². The summed E-state index contributed by atoms with van der Waals surface area (Å²) in [5.74, 6) is -0.136. The van der Waals surface area contributed by atoms with Crippen LogP contribution in [0, 0.1) is 12.7 Å². The van der Waals surface area contributed by atoms with Crippen molar-refractivity contribution in [3.63, 3.8) is 0 Å². The van der Waals surface area contributed by atoms with Crippen LogP contribution in [0.1, 0.15) is 35.0 Å². The molecule has 0 fully saturated rings. The van der Waals surface area contributed by atoms with E-state index in [4.69, 9.17) is 0 Å². The fraction of sp³-hybridized carbons (Fsp3) is 0.412. The van der Waals surface area contributed by atoms with Gasteiger partial charge in [-0.15, -0.1) is 11.3 Å². The molecule has 21 heavy (non-hydrogen) atoms. The molecule has 0 radical (unpaired) electrons. The molecular weight excluding hydrogens is 283 g/mol. The second kappa shape index (κ2) is 7.16. The molecule has 1 N–H and O–H groups in total. The van der Waals surface area contributed by atoms with E-state index in [1.54, 1.807) is 24.3 Å². The average Bonchev–Trinajstić information content (AvgIpc) is 2.95. The molecule has 2 nitrogen and oxygen atoms in total. The highest BCUT2D eigenvalue weighted by atomic mass is 32.1. The standard InChI is InChI=1S/C17H23FN2S/c1-12-7-8-14(10-15(12)18)13(2)19-11-16(20(3)4)17-6-5-9-21-17/h5-10,13,16,19H,11H2,1-4H3. The minimum atomic E-state index is -0.136. The van der Waals surface area contributed by atoms with Crippen LogP contribution in [-0.2, 0) is 0 Å². The maximum atomic E-state index is 13.7. The normalized spacial score (nSPS) is 14.4. The van der Waals surface area contributed by atoms with Crippen LogP contribution in [0.5, 0.6) is 0 Å². The molecule has 0 aliphatic rings. The Kier molecular flexibility index (Phi) is 5.51. The van der Waals surface area contributed by atoms with Gasteiger partial charge in [0.1, 0.15) is 5.82 Å². The Morgan fingerprint density at radius 3 is 2.62 bits per heavy atom. The van der Waals surface area contributed by atoms with Gasteiger partial charge in [0.05, 0.1) is 6.04 Å². The SMILES string of the molecule is Cc1ccc(C(C)NCC(c2cccs2)N(C)C)cc1F. The Hall–Kier alpha value is -1.23. The first kappa shape index (κ1) is 16.1. The van der Waals surface area contributed by atoms with Crippen LogP contribution in [-0.4, -0.2) is 25.5 Å². The van der Waals surface area contributed by atoms with Crippen LogP contribution in [0.25, 0.3) is 0 Å². The Bertz CT molecular complexity index is 566. The molecule has 1 aromatic heterocycles. The van der Waals surface area contributed by atoms with E-state index >= 15 is 0 Å². The zero-order valence-corrected chi connectivity index (χ0v) is 13.9. The lowest BCUT2D eigenvalue weighted by Gasteiger charge is -2.26. The molecule has 0 bridgehead atoms. The second-order valence-electron chi connectivity index (χ2n) is 5.63. The van der Waals surface area contributed by atoms with Crippen molar-refractivity contribution >= 4 is 11.3 Å². The third-order valence-corrected chi connectivity index (χ3v) is 4.78. The number of thiophene rings is 1. The van der Waals surface area contributed by atoms with Crippen LogP contribution in [0.15, 0.2) is 35.7 Å². The molecule has 1 heterocycles. The van der Waals surface area contributed by atoms with Crippen molar-refractivity contribution < 1.29 is 4.39 Å². The number of hydrogen-bond acceptors (Lipinski definition) is 3. The van der Waals surface area contributed by atoms with Gasteiger partial charge in [-0.1, -0.05) is 18.2 Å². The van der Waals surface area contributed by atoms with Crippen LogP contribution in [0.4, 0.5) is 4.39 Å². The van der Waals surface area contributed by atoms with Gasteiger partial charge in [-0.2, -0.15) is 0 Å². The largest absolute Gasteiger partial charge is 0.308 e. The van der Waals surface area contributed by atoms with Gasteiger partial charge < -0.3 is 10.2 Å². The third kappa shape index (κ3) is 4.13. The quantitative estimate of drug-likeness (QED) is 0.862. The minimum absolute atomic E-state index is 0.127. The smallest absolute Gasteiger partial charge is 0.126 e. The van der Waals surface area contributed by atoms with Crippen molar-refractivity contribution in [3.8, 4) is 0 Å². The first-order valence-electron chi connectivity index (χ1n) is 7.18. The van der Waals surface area contributed by atoms with Gasteiger partial charge in [-0.25, -0.2) is 4.39 Å². The topological polar surface area (TPSA) is 15.3 Å². The fourth-order valence-corrected chi connectivity index (χ4v) is 3.23. The van der Waals surface area contributed by atoms with E-state index < -0.39 is 0 Å². The number of hydrogen-bond donors (Lipinski definition) is 1. The monoisotopic (exact) mass is 306 g/mol. The third-order valence-electron chi connectivity index (χ3n) is 3.81. The Labute approximate surface area is 130 Å². The summed E-state index contributed by atoms with van der Waals surface area (Å²) >= 11 is 1.77. The van der Waals surface area contributed by atoms with Crippen LogP contribution < -0.4 is 5.32 Å². The summed E-state index contributed by atoms with van der Waals surface area (Å²) in [4.78, 5) is 3.55. The number of rotatable bonds is 6. The van der Waals surface area contributed by atoms with E-state index in [9.17, 15) is 4.39 Å². The molecule has 0 saturated carbocycles. The summed E-state index contributed by atoms with van der Waals surface area (Å²) in [7, 11) is 4.17. The van der Waals surface area contributed by atoms with Gasteiger partial charge in [-0.05, 0) is 56.6 Å². The molecule has 0 saturated heterocycles. The number of nitrogens with zero attached hydrogens (tertiary/aromatic N) is 1. The van der Waals surface area contributed by atoms with E-state index in [-0.39, 0.29) is 11.9 Å². The Balaban J connectivity index is 2.01. The van der Waals surface area contributed by atoms with Gasteiger partial charge >= 0.3 is 0 Å². The minimum Gasteiger partial charge on any atom is -0.308 e. The molecule has 2 aromatic rings. The maximum absolute atomic E-state index is 13.7. The summed E-state index contributed by atoms with van der Waals surface area (Å²) < 4.78 is 13.7. The molecule has 0 spiro atoms. The molecule has 2 rings (SSSR count). The van der Waals surface area contributed by atoms with E-state index in [0.717, 1.165) is 12.1 Å². The Morgan fingerprint density at radius 1 is 1.29 bits per heavy atom. The molecule has 2 unspecified atom stereocenters. The summed E-state index contributed by atoms with van der Waals surface area (Å²) in [5, 5.41) is 5.62. The molecule has 1 aromatic carbocycles. The van der Waals surface area contributed by atoms with E-state index in [0.29, 0.717) is 11.6 Å². The van der Waals surface area contributed by atoms with Crippen LogP contribution in [0.2, 0.25) is 0 Å². The molecule has 0 aliphatic carbocycles. The highest BCUT2D eigenvalue weighted by Crippen LogP contribution is 2.24. The lowest BCUT2D eigenvalue weighted by molar-refractivity contribution is 0.285. The summed E-state index contributed by atoms with van der Waals surface area (Å²) in [6.45, 7) is 4.70. The van der Waals surface area contributed by atoms with Gasteiger partial charge in [0, 0.05) is 17.5 Å². The number of aryl methyl sites for hydroxylation is 1. The van der Waals surface area contributed by atoms with E-state index in [2.05, 4.69) is 48.7 Å². The van der Waals surface area contributed by atoms with Crippen molar-refractivity contribution in [3.05, 3.63) is 57.5 Å². The van der Waals surface area contributed by atoms with Crippen molar-refractivity contribution in [2.75, 3.05) is 20.6 Å². The van der Waals surface area contributed by atoms with Gasteiger partial charge in [-0.3, -0.25) is 0 Å². The van der Waals surface area contributed by atoms with Gasteiger partial charge in [0.15, 0.2) is 0 Å². The average molecular weight is 306 g/mol. The van der Waals surface area contributed by atoms with E-state index in [1.807, 2.05) is 12.1 Å². The van der Waals surface area contributed by atoms with Crippen molar-refractivity contribution in [2.24, 2.45) is 0 Å². The van der Waals surface area contributed by atoms with Crippen LogP contribution >= 0.6 is 11.3 Å². The number of likely N-dealkylation sites (N-methyl/N-ethyl adjacent to an activating group) is 1. The summed E-state index contributed by atoms with van der Waals surface area (Å²) in [6.07, 6.45) is 0. The maximum Gasteiger partial charge on any atom is 0.126 e. The van der Waals surface area contributed by atoms with Crippen molar-refractivity contribution in [1.82, 2.24) is 10.2 Å². The molecule has 114 valence electrons. The number of benzene rings is 1. The Morgan fingerprint density at radius 2 is 2.05 bits per heavy atom. The lowest BCUT2D eigenvalue weighted by Crippen LogP contribution is -2.32. The fourth-order valence-electron chi connectivity index (χ4n) is 2.30. The van der Waals surface area contributed by atoms with Crippen molar-refractivity contribution in [1.29, 1.82) is 0 Å².